The number of hydrogen-bond donors (Lipinski definition) is 1. The average Bonchev–Trinajstić information content (AvgIpc) is 2.33. The fraction of sp³-hybridized carbons (Fsp3) is 0.571. The Labute approximate surface area is 54.7 Å². The maximum Gasteiger partial charge on any atom is 0.0606 e. The van der Waals surface area contributed by atoms with Crippen molar-refractivity contribution >= 4 is 6.21 Å². The smallest absolute Gasteiger partial charge is 0.0606 e. The second-order valence-corrected chi connectivity index (χ2v) is 2.53. The van der Waals surface area contributed by atoms with E-state index < -0.39 is 0 Å². The van der Waals surface area contributed by atoms with Crippen LogP contribution in [0, 0.1) is 0 Å². The van der Waals surface area contributed by atoms with Gasteiger partial charge in [0.15, 0.2) is 0 Å². The number of nitrogens with one attached hydrogen (secondary N) is 1. The van der Waals surface area contributed by atoms with Crippen LogP contribution in [0.5, 0.6) is 0 Å². The van der Waals surface area contributed by atoms with Crippen molar-refractivity contribution in [3.05, 3.63) is 11.1 Å². The van der Waals surface area contributed by atoms with Gasteiger partial charge in [-0.3, -0.25) is 4.99 Å². The lowest BCUT2D eigenvalue weighted by molar-refractivity contribution is 0.691. The van der Waals surface area contributed by atoms with Crippen molar-refractivity contribution < 1.29 is 0 Å². The van der Waals surface area contributed by atoms with Crippen LogP contribution in [0.15, 0.2) is 16.1 Å². The summed E-state index contributed by atoms with van der Waals surface area (Å²) in [5, 5.41) is 3.31. The van der Waals surface area contributed by atoms with Crippen molar-refractivity contribution in [3.63, 3.8) is 0 Å². The summed E-state index contributed by atoms with van der Waals surface area (Å²) in [6.07, 6.45) is 3.21. The highest BCUT2D eigenvalue weighted by atomic mass is 14.9. The van der Waals surface area contributed by atoms with Crippen LogP contribution in [0.1, 0.15) is 6.42 Å². The maximum atomic E-state index is 4.19. The Bertz CT molecular complexity index is 179. The van der Waals surface area contributed by atoms with Crippen LogP contribution in [0.3, 0.4) is 0 Å². The summed E-state index contributed by atoms with van der Waals surface area (Å²) in [5.74, 6) is 0. The fourth-order valence-corrected chi connectivity index (χ4v) is 1.33. The molecule has 2 heteroatoms. The van der Waals surface area contributed by atoms with Crippen molar-refractivity contribution in [1.29, 1.82) is 0 Å². The van der Waals surface area contributed by atoms with Crippen molar-refractivity contribution in [2.24, 2.45) is 4.99 Å². The average molecular weight is 122 g/mol. The Morgan fingerprint density at radius 1 is 1.56 bits per heavy atom. The van der Waals surface area contributed by atoms with Gasteiger partial charge < -0.3 is 5.32 Å². The molecule has 9 heavy (non-hydrogen) atoms. The predicted molar refractivity (Wildman–Crippen MR) is 37.9 cm³/mol. The molecule has 0 saturated carbocycles. The van der Waals surface area contributed by atoms with Gasteiger partial charge in [0, 0.05) is 12.8 Å². The number of rotatable bonds is 0. The minimum absolute atomic E-state index is 0.969. The summed E-state index contributed by atoms with van der Waals surface area (Å²) in [7, 11) is 0. The molecule has 2 aliphatic heterocycles. The molecule has 0 amide bonds. The van der Waals surface area contributed by atoms with E-state index in [1.54, 1.807) is 5.57 Å². The van der Waals surface area contributed by atoms with Gasteiger partial charge in [-0.15, -0.1) is 0 Å². The van der Waals surface area contributed by atoms with E-state index in [9.17, 15) is 0 Å². The van der Waals surface area contributed by atoms with Gasteiger partial charge in [-0.05, 0) is 24.1 Å². The van der Waals surface area contributed by atoms with Crippen LogP contribution in [-0.2, 0) is 0 Å². The SMILES string of the molecule is C1=NCC2=C1CNCC2. The molecule has 0 aromatic heterocycles. The fourth-order valence-electron chi connectivity index (χ4n) is 1.33. The maximum absolute atomic E-state index is 4.19. The molecule has 0 spiro atoms. The Hall–Kier alpha value is -0.630. The highest BCUT2D eigenvalue weighted by molar-refractivity contribution is 5.83. The quantitative estimate of drug-likeness (QED) is 0.493. The lowest BCUT2D eigenvalue weighted by atomic mass is 10.1. The van der Waals surface area contributed by atoms with Gasteiger partial charge in [0.1, 0.15) is 0 Å². The van der Waals surface area contributed by atoms with Crippen LogP contribution in [0.4, 0.5) is 0 Å². The van der Waals surface area contributed by atoms with E-state index in [1.165, 1.54) is 12.0 Å². The lowest BCUT2D eigenvalue weighted by Crippen LogP contribution is -2.24. The summed E-state index contributed by atoms with van der Waals surface area (Å²) in [5.41, 5.74) is 2.98. The molecule has 2 heterocycles. The van der Waals surface area contributed by atoms with E-state index in [2.05, 4.69) is 10.3 Å². The molecule has 0 saturated heterocycles. The van der Waals surface area contributed by atoms with E-state index in [4.69, 9.17) is 0 Å². The van der Waals surface area contributed by atoms with Crippen molar-refractivity contribution in [3.8, 4) is 0 Å². The van der Waals surface area contributed by atoms with E-state index in [-0.39, 0.29) is 0 Å². The molecular weight excluding hydrogens is 112 g/mol. The first-order chi connectivity index (χ1) is 4.47. The highest BCUT2D eigenvalue weighted by Crippen LogP contribution is 2.15. The Morgan fingerprint density at radius 2 is 2.56 bits per heavy atom. The minimum Gasteiger partial charge on any atom is -0.312 e. The number of aliphatic imine (C=N–C) groups is 1. The summed E-state index contributed by atoms with van der Waals surface area (Å²) < 4.78 is 0. The molecule has 0 aliphatic carbocycles. The van der Waals surface area contributed by atoms with E-state index in [1.807, 2.05) is 6.21 Å². The molecule has 0 unspecified atom stereocenters. The van der Waals surface area contributed by atoms with E-state index in [0.717, 1.165) is 19.6 Å². The molecule has 2 rings (SSSR count). The van der Waals surface area contributed by atoms with Crippen LogP contribution in [0.25, 0.3) is 0 Å². The molecule has 0 atom stereocenters. The van der Waals surface area contributed by atoms with E-state index >= 15 is 0 Å². The first-order valence-electron chi connectivity index (χ1n) is 3.38. The second kappa shape index (κ2) is 1.95. The van der Waals surface area contributed by atoms with Gasteiger partial charge in [0.2, 0.25) is 0 Å². The first-order valence-corrected chi connectivity index (χ1v) is 3.38. The summed E-state index contributed by atoms with van der Waals surface area (Å²) in [4.78, 5) is 4.19. The zero-order valence-corrected chi connectivity index (χ0v) is 5.35. The van der Waals surface area contributed by atoms with Gasteiger partial charge in [0.05, 0.1) is 6.54 Å². The zero-order valence-electron chi connectivity index (χ0n) is 5.35. The van der Waals surface area contributed by atoms with Crippen molar-refractivity contribution in [1.82, 2.24) is 5.32 Å². The lowest BCUT2D eigenvalue weighted by Gasteiger charge is -2.12. The summed E-state index contributed by atoms with van der Waals surface area (Å²) >= 11 is 0. The van der Waals surface area contributed by atoms with Gasteiger partial charge >= 0.3 is 0 Å². The number of hydrogen-bond acceptors (Lipinski definition) is 2. The van der Waals surface area contributed by atoms with Gasteiger partial charge in [-0.2, -0.15) is 0 Å². The van der Waals surface area contributed by atoms with Gasteiger partial charge in [0.25, 0.3) is 0 Å². The zero-order chi connectivity index (χ0) is 6.10. The Kier molecular flexibility index (Phi) is 1.12. The molecule has 0 aromatic rings. The molecule has 0 aromatic carbocycles. The third-order valence-electron chi connectivity index (χ3n) is 1.90. The topological polar surface area (TPSA) is 24.4 Å². The predicted octanol–water partition coefficient (Wildman–Crippen LogP) is 0.361. The molecule has 48 valence electrons. The van der Waals surface area contributed by atoms with Gasteiger partial charge in [-0.25, -0.2) is 0 Å². The molecule has 0 radical (unpaired) electrons. The van der Waals surface area contributed by atoms with Crippen LogP contribution >= 0.6 is 0 Å². The summed E-state index contributed by atoms with van der Waals surface area (Å²) in [6, 6.07) is 0. The Morgan fingerprint density at radius 3 is 3.44 bits per heavy atom. The highest BCUT2D eigenvalue weighted by Gasteiger charge is 2.12. The van der Waals surface area contributed by atoms with E-state index in [0.29, 0.717) is 0 Å². The van der Waals surface area contributed by atoms with Gasteiger partial charge in [-0.1, -0.05) is 0 Å². The van der Waals surface area contributed by atoms with Crippen molar-refractivity contribution in [2.75, 3.05) is 19.6 Å². The minimum atomic E-state index is 0.969. The van der Waals surface area contributed by atoms with Crippen LogP contribution in [-0.4, -0.2) is 25.8 Å². The molecule has 2 nitrogen and oxygen atoms in total. The first kappa shape index (κ1) is 5.18. The second-order valence-electron chi connectivity index (χ2n) is 2.53. The molecule has 2 aliphatic rings. The van der Waals surface area contributed by atoms with Crippen LogP contribution in [0.2, 0.25) is 0 Å². The monoisotopic (exact) mass is 122 g/mol. The third kappa shape index (κ3) is 0.793. The third-order valence-corrected chi connectivity index (χ3v) is 1.90. The number of nitrogens with zero attached hydrogens (tertiary/aromatic N) is 1. The largest absolute Gasteiger partial charge is 0.312 e. The normalized spacial score (nSPS) is 24.9. The molecule has 0 bridgehead atoms. The molecule has 1 N–H and O–H groups in total. The molecular formula is C7H10N2. The molecule has 0 fully saturated rings. The van der Waals surface area contributed by atoms with Crippen LogP contribution < -0.4 is 5.32 Å². The standard InChI is InChI=1S/C7H10N2/c1-2-8-4-7-5-9-3-6(1)7/h5,8H,1-4H2. The Balaban J connectivity index is 2.24. The van der Waals surface area contributed by atoms with Crippen molar-refractivity contribution in [2.45, 2.75) is 6.42 Å². The summed E-state index contributed by atoms with van der Waals surface area (Å²) in [6.45, 7) is 3.15.